The summed E-state index contributed by atoms with van der Waals surface area (Å²) in [7, 11) is 0. The maximum atomic E-state index is 13.6. The minimum Gasteiger partial charge on any atom is -0.352 e. The first-order chi connectivity index (χ1) is 15.5. The van der Waals surface area contributed by atoms with Gasteiger partial charge in [0.2, 0.25) is 0 Å². The Kier molecular flexibility index (Phi) is 5.39. The van der Waals surface area contributed by atoms with Crippen LogP contribution in [0.15, 0.2) is 35.3 Å². The summed E-state index contributed by atoms with van der Waals surface area (Å²) >= 11 is 0. The van der Waals surface area contributed by atoms with E-state index in [0.29, 0.717) is 0 Å². The van der Waals surface area contributed by atoms with E-state index < -0.39 is 35.3 Å². The summed E-state index contributed by atoms with van der Waals surface area (Å²) in [5.41, 5.74) is -2.61. The number of benzene rings is 1. The van der Waals surface area contributed by atoms with Crippen LogP contribution in [0.1, 0.15) is 41.4 Å². The van der Waals surface area contributed by atoms with Crippen LogP contribution < -0.4 is 10.9 Å². The molecule has 10 heteroatoms. The summed E-state index contributed by atoms with van der Waals surface area (Å²) in [6.45, 7) is 2.89. The second kappa shape index (κ2) is 7.83. The molecule has 1 aliphatic rings. The summed E-state index contributed by atoms with van der Waals surface area (Å²) < 4.78 is 68.4. The minimum absolute atomic E-state index is 0.0397. The lowest BCUT2D eigenvalue weighted by Crippen LogP contribution is -2.35. The second-order valence-corrected chi connectivity index (χ2v) is 8.07. The van der Waals surface area contributed by atoms with Crippen molar-refractivity contribution < 1.29 is 22.0 Å². The molecule has 1 fully saturated rings. The molecule has 1 N–H and O–H groups in total. The van der Waals surface area contributed by atoms with Crippen molar-refractivity contribution in [3.05, 3.63) is 63.3 Å². The third kappa shape index (κ3) is 3.92. The number of rotatable bonds is 5. The number of pyridine rings is 1. The Morgan fingerprint density at radius 2 is 1.91 bits per heavy atom. The number of nitrogens with zero attached hydrogens (tertiary/aromatic N) is 3. The van der Waals surface area contributed by atoms with Gasteiger partial charge in [-0.1, -0.05) is 18.1 Å². The smallest absolute Gasteiger partial charge is 0.352 e. The average molecular weight is 462 g/mol. The molecule has 0 spiro atoms. The molecule has 0 amide bonds. The molecule has 5 nitrogen and oxygen atoms in total. The van der Waals surface area contributed by atoms with E-state index >= 15 is 0 Å². The monoisotopic (exact) mass is 462 g/mol. The third-order valence-corrected chi connectivity index (χ3v) is 5.93. The van der Waals surface area contributed by atoms with Crippen LogP contribution in [0.5, 0.6) is 0 Å². The molecular formula is C23H19F5N4O. The van der Waals surface area contributed by atoms with E-state index in [2.05, 4.69) is 21.2 Å². The zero-order valence-corrected chi connectivity index (χ0v) is 17.7. The predicted molar refractivity (Wildman–Crippen MR) is 113 cm³/mol. The van der Waals surface area contributed by atoms with E-state index in [-0.39, 0.29) is 46.5 Å². The first-order valence-electron chi connectivity index (χ1n) is 10.1. The van der Waals surface area contributed by atoms with Crippen molar-refractivity contribution in [1.29, 1.82) is 0 Å². The fourth-order valence-electron chi connectivity index (χ4n) is 3.99. The molecule has 0 radical (unpaired) electrons. The number of hydrogen-bond acceptors (Lipinski definition) is 4. The Balaban J connectivity index is 1.83. The molecular weight excluding hydrogens is 443 g/mol. The molecule has 0 unspecified atom stereocenters. The SMILES string of the molecule is C#C[C@@H](Nc1nc(C)nc2cc(=O)n(C3(C(F)F)CC3)cc12)c1cccc(C(F)(F)F)c1C. The molecule has 4 rings (SSSR count). The number of terminal acetylenes is 1. The minimum atomic E-state index is -4.55. The van der Waals surface area contributed by atoms with Crippen LogP contribution in [0.25, 0.3) is 10.9 Å². The molecule has 1 aromatic carbocycles. The number of alkyl halides is 5. The maximum Gasteiger partial charge on any atom is 0.416 e. The van der Waals surface area contributed by atoms with Crippen LogP contribution >= 0.6 is 0 Å². The van der Waals surface area contributed by atoms with Crippen LogP contribution in [-0.2, 0) is 11.7 Å². The fraction of sp³-hybridized carbons (Fsp3) is 0.348. The van der Waals surface area contributed by atoms with Gasteiger partial charge in [0, 0.05) is 12.3 Å². The Morgan fingerprint density at radius 3 is 2.48 bits per heavy atom. The number of anilines is 1. The van der Waals surface area contributed by atoms with Crippen molar-refractivity contribution in [3.8, 4) is 12.3 Å². The average Bonchev–Trinajstić information content (AvgIpc) is 3.53. The molecule has 1 saturated carbocycles. The fourth-order valence-corrected chi connectivity index (χ4v) is 3.99. The van der Waals surface area contributed by atoms with Crippen LogP contribution in [0.2, 0.25) is 0 Å². The largest absolute Gasteiger partial charge is 0.416 e. The van der Waals surface area contributed by atoms with Gasteiger partial charge in [-0.25, -0.2) is 18.7 Å². The number of aromatic nitrogens is 3. The van der Waals surface area contributed by atoms with Gasteiger partial charge in [-0.15, -0.1) is 6.42 Å². The summed E-state index contributed by atoms with van der Waals surface area (Å²) in [4.78, 5) is 21.0. The van der Waals surface area contributed by atoms with Crippen LogP contribution in [0.4, 0.5) is 27.8 Å². The van der Waals surface area contributed by atoms with Crippen molar-refractivity contribution in [1.82, 2.24) is 14.5 Å². The number of nitrogens with one attached hydrogen (secondary N) is 1. The maximum absolute atomic E-state index is 13.6. The zero-order valence-electron chi connectivity index (χ0n) is 17.7. The number of hydrogen-bond donors (Lipinski definition) is 1. The van der Waals surface area contributed by atoms with Crippen LogP contribution in [0.3, 0.4) is 0 Å². The lowest BCUT2D eigenvalue weighted by Gasteiger charge is -2.22. The molecule has 0 saturated heterocycles. The molecule has 2 heterocycles. The number of halogens is 5. The van der Waals surface area contributed by atoms with Crippen LogP contribution in [0, 0.1) is 26.2 Å². The Labute approximate surface area is 185 Å². The van der Waals surface area contributed by atoms with E-state index in [4.69, 9.17) is 6.42 Å². The molecule has 3 aromatic rings. The van der Waals surface area contributed by atoms with Crippen molar-refractivity contribution >= 4 is 16.7 Å². The van der Waals surface area contributed by atoms with Crippen molar-refractivity contribution in [2.24, 2.45) is 0 Å². The summed E-state index contributed by atoms with van der Waals surface area (Å²) in [6.07, 6.45) is -0.0661. The summed E-state index contributed by atoms with van der Waals surface area (Å²) in [6, 6.07) is 3.85. The van der Waals surface area contributed by atoms with Gasteiger partial charge in [0.1, 0.15) is 23.2 Å². The highest BCUT2D eigenvalue weighted by Gasteiger charge is 2.53. The Hall–Kier alpha value is -3.48. The van der Waals surface area contributed by atoms with E-state index in [0.717, 1.165) is 16.7 Å². The first kappa shape index (κ1) is 22.7. The van der Waals surface area contributed by atoms with Crippen molar-refractivity contribution in [2.75, 3.05) is 5.32 Å². The second-order valence-electron chi connectivity index (χ2n) is 8.07. The van der Waals surface area contributed by atoms with Gasteiger partial charge in [0.15, 0.2) is 0 Å². The van der Waals surface area contributed by atoms with Crippen LogP contribution in [-0.4, -0.2) is 21.0 Å². The molecule has 0 bridgehead atoms. The third-order valence-electron chi connectivity index (χ3n) is 5.93. The topological polar surface area (TPSA) is 59.8 Å². The standard InChI is InChI=1S/C23H19F5N4O/c1-4-17(14-6-5-7-16(12(14)2)23(26,27)28)31-20-15-11-32(22(8-9-22)21(24)25)19(33)10-18(15)29-13(3)30-20/h1,5-7,10-11,17,21H,8-9H2,2-3H3,(H,29,30,31)/t17-/m1/s1. The van der Waals surface area contributed by atoms with Gasteiger partial charge in [0.05, 0.1) is 16.5 Å². The number of fused-ring (bicyclic) bond motifs is 1. The van der Waals surface area contributed by atoms with Gasteiger partial charge in [0.25, 0.3) is 12.0 Å². The molecule has 33 heavy (non-hydrogen) atoms. The highest BCUT2D eigenvalue weighted by Crippen LogP contribution is 2.48. The van der Waals surface area contributed by atoms with Crippen molar-refractivity contribution in [3.63, 3.8) is 0 Å². The Bertz CT molecular complexity index is 1340. The number of aryl methyl sites for hydroxylation is 1. The molecule has 172 valence electrons. The normalized spacial score (nSPS) is 16.0. The van der Waals surface area contributed by atoms with Gasteiger partial charge in [-0.05, 0) is 43.9 Å². The summed E-state index contributed by atoms with van der Waals surface area (Å²) in [5, 5.41) is 3.20. The summed E-state index contributed by atoms with van der Waals surface area (Å²) in [5.74, 6) is 2.84. The lowest BCUT2D eigenvalue weighted by atomic mass is 9.96. The molecule has 0 aliphatic heterocycles. The molecule has 1 aliphatic carbocycles. The first-order valence-corrected chi connectivity index (χ1v) is 10.1. The van der Waals surface area contributed by atoms with E-state index in [1.54, 1.807) is 6.92 Å². The van der Waals surface area contributed by atoms with Crippen molar-refractivity contribution in [2.45, 2.75) is 50.9 Å². The van der Waals surface area contributed by atoms with E-state index in [1.807, 2.05) is 0 Å². The lowest BCUT2D eigenvalue weighted by molar-refractivity contribution is -0.138. The highest BCUT2D eigenvalue weighted by atomic mass is 19.4. The van der Waals surface area contributed by atoms with Gasteiger partial charge in [-0.3, -0.25) is 4.79 Å². The highest BCUT2D eigenvalue weighted by molar-refractivity contribution is 5.88. The van der Waals surface area contributed by atoms with Gasteiger partial charge in [-0.2, -0.15) is 13.2 Å². The zero-order chi connectivity index (χ0) is 24.1. The van der Waals surface area contributed by atoms with Gasteiger partial charge < -0.3 is 9.88 Å². The predicted octanol–water partition coefficient (Wildman–Crippen LogP) is 4.97. The van der Waals surface area contributed by atoms with E-state index in [1.165, 1.54) is 25.3 Å². The van der Waals surface area contributed by atoms with E-state index in [9.17, 15) is 26.7 Å². The van der Waals surface area contributed by atoms with Gasteiger partial charge >= 0.3 is 6.18 Å². The molecule has 1 atom stereocenters. The Morgan fingerprint density at radius 1 is 1.21 bits per heavy atom. The molecule has 2 aromatic heterocycles. The quantitative estimate of drug-likeness (QED) is 0.430.